The molecule has 2 aromatic carbocycles. The maximum absolute atomic E-state index is 12.7. The van der Waals surface area contributed by atoms with Gasteiger partial charge in [0.25, 0.3) is 5.91 Å². The molecule has 0 bridgehead atoms. The predicted molar refractivity (Wildman–Crippen MR) is 106 cm³/mol. The fraction of sp³-hybridized carbons (Fsp3) is 0.174. The van der Waals surface area contributed by atoms with Crippen LogP contribution in [0.1, 0.15) is 29.2 Å². The van der Waals surface area contributed by atoms with E-state index in [1.807, 2.05) is 48.5 Å². The first-order valence-corrected chi connectivity index (χ1v) is 8.94. The van der Waals surface area contributed by atoms with Crippen molar-refractivity contribution >= 4 is 17.4 Å². The minimum atomic E-state index is -0.511. The number of amides is 1. The highest BCUT2D eigenvalue weighted by molar-refractivity contribution is 6.09. The van der Waals surface area contributed by atoms with E-state index in [2.05, 4.69) is 18.0 Å². The molecule has 28 heavy (non-hydrogen) atoms. The number of carbonyl (C=O) groups is 2. The first-order valence-electron chi connectivity index (χ1n) is 8.94. The van der Waals surface area contributed by atoms with Gasteiger partial charge in [0.05, 0.1) is 6.54 Å². The maximum atomic E-state index is 12.7. The summed E-state index contributed by atoms with van der Waals surface area (Å²) in [5.41, 5.74) is 4.91. The lowest BCUT2D eigenvalue weighted by atomic mass is 9.80. The molecule has 1 amide bonds. The second-order valence-electron chi connectivity index (χ2n) is 6.53. The summed E-state index contributed by atoms with van der Waals surface area (Å²) >= 11 is 0. The quantitative estimate of drug-likeness (QED) is 0.323. The number of nitrogens with one attached hydrogen (secondary N) is 1. The SMILES string of the molecule is C=C(C)C(=O)OCCNC(=O)C(C#N)=C1c2ccccc2Cc2ccccc21. The molecule has 140 valence electrons. The van der Waals surface area contributed by atoms with Crippen LogP contribution in [0, 0.1) is 11.3 Å². The molecule has 1 aliphatic rings. The Morgan fingerprint density at radius 2 is 1.68 bits per heavy atom. The molecule has 0 saturated carbocycles. The van der Waals surface area contributed by atoms with Crippen LogP contribution < -0.4 is 5.32 Å². The van der Waals surface area contributed by atoms with E-state index in [0.717, 1.165) is 28.7 Å². The largest absolute Gasteiger partial charge is 0.460 e. The van der Waals surface area contributed by atoms with Gasteiger partial charge in [-0.3, -0.25) is 4.79 Å². The standard InChI is InChI=1S/C23H20N2O3/c1-15(2)23(27)28-12-11-25-22(26)20(14-24)21-18-9-5-3-7-16(18)13-17-8-4-6-10-19(17)21/h3-10H,1,11-13H2,2H3,(H,25,26). The molecule has 0 aliphatic heterocycles. The Morgan fingerprint density at radius 3 is 2.21 bits per heavy atom. The number of hydrogen-bond donors (Lipinski definition) is 1. The summed E-state index contributed by atoms with van der Waals surface area (Å²) in [6.45, 7) is 5.18. The predicted octanol–water partition coefficient (Wildman–Crippen LogP) is 3.15. The number of nitrogens with zero attached hydrogens (tertiary/aromatic N) is 1. The first kappa shape index (κ1) is 19.1. The topological polar surface area (TPSA) is 79.2 Å². The zero-order valence-electron chi connectivity index (χ0n) is 15.6. The highest BCUT2D eigenvalue weighted by Gasteiger charge is 2.25. The van der Waals surface area contributed by atoms with Gasteiger partial charge in [-0.25, -0.2) is 4.79 Å². The van der Waals surface area contributed by atoms with Crippen LogP contribution in [0.3, 0.4) is 0 Å². The molecular formula is C23H20N2O3. The third kappa shape index (κ3) is 3.86. The fourth-order valence-corrected chi connectivity index (χ4v) is 3.20. The van der Waals surface area contributed by atoms with Crippen LogP contribution in [-0.2, 0) is 20.7 Å². The Morgan fingerprint density at radius 1 is 1.11 bits per heavy atom. The van der Waals surface area contributed by atoms with Crippen LogP contribution in [0.2, 0.25) is 0 Å². The molecular weight excluding hydrogens is 352 g/mol. The summed E-state index contributed by atoms with van der Waals surface area (Å²) in [6.07, 6.45) is 0.757. The summed E-state index contributed by atoms with van der Waals surface area (Å²) in [6, 6.07) is 17.6. The van der Waals surface area contributed by atoms with Gasteiger partial charge in [0.2, 0.25) is 0 Å². The van der Waals surface area contributed by atoms with Gasteiger partial charge in [0, 0.05) is 11.1 Å². The van der Waals surface area contributed by atoms with Crippen molar-refractivity contribution in [1.29, 1.82) is 5.26 Å². The van der Waals surface area contributed by atoms with Gasteiger partial charge in [-0.15, -0.1) is 0 Å². The molecule has 0 spiro atoms. The van der Waals surface area contributed by atoms with Crippen molar-refractivity contribution in [3.8, 4) is 6.07 Å². The van der Waals surface area contributed by atoms with Crippen LogP contribution in [0.15, 0.2) is 66.3 Å². The van der Waals surface area contributed by atoms with Crippen molar-refractivity contribution in [2.24, 2.45) is 0 Å². The van der Waals surface area contributed by atoms with Crippen molar-refractivity contribution in [3.05, 3.63) is 88.5 Å². The van der Waals surface area contributed by atoms with Gasteiger partial charge in [-0.1, -0.05) is 55.1 Å². The number of rotatable bonds is 5. The lowest BCUT2D eigenvalue weighted by molar-refractivity contribution is -0.139. The molecule has 2 aromatic rings. The molecule has 0 radical (unpaired) electrons. The molecule has 0 fully saturated rings. The van der Waals surface area contributed by atoms with E-state index in [0.29, 0.717) is 11.1 Å². The zero-order valence-corrected chi connectivity index (χ0v) is 15.6. The minimum Gasteiger partial charge on any atom is -0.460 e. The van der Waals surface area contributed by atoms with Crippen molar-refractivity contribution in [1.82, 2.24) is 5.32 Å². The number of hydrogen-bond acceptors (Lipinski definition) is 4. The zero-order chi connectivity index (χ0) is 20.1. The van der Waals surface area contributed by atoms with Gasteiger partial charge in [-0.05, 0) is 35.6 Å². The van der Waals surface area contributed by atoms with Crippen molar-refractivity contribution in [3.63, 3.8) is 0 Å². The van der Waals surface area contributed by atoms with Gasteiger partial charge in [-0.2, -0.15) is 5.26 Å². The average molecular weight is 372 g/mol. The number of nitriles is 1. The molecule has 0 aromatic heterocycles. The second-order valence-corrected chi connectivity index (χ2v) is 6.53. The van der Waals surface area contributed by atoms with Crippen LogP contribution in [0.4, 0.5) is 0 Å². The van der Waals surface area contributed by atoms with E-state index < -0.39 is 11.9 Å². The number of ether oxygens (including phenoxy) is 1. The van der Waals surface area contributed by atoms with Crippen molar-refractivity contribution < 1.29 is 14.3 Å². The molecule has 1 N–H and O–H groups in total. The molecule has 3 rings (SSSR count). The van der Waals surface area contributed by atoms with Gasteiger partial charge in [0.1, 0.15) is 18.2 Å². The van der Waals surface area contributed by atoms with Crippen LogP contribution >= 0.6 is 0 Å². The highest BCUT2D eigenvalue weighted by atomic mass is 16.5. The highest BCUT2D eigenvalue weighted by Crippen LogP contribution is 2.37. The molecule has 1 aliphatic carbocycles. The third-order valence-corrected chi connectivity index (χ3v) is 4.51. The summed E-state index contributed by atoms with van der Waals surface area (Å²) in [5, 5.41) is 12.4. The van der Waals surface area contributed by atoms with E-state index in [1.165, 1.54) is 0 Å². The lowest BCUT2D eigenvalue weighted by Crippen LogP contribution is -2.30. The Balaban J connectivity index is 1.90. The molecule has 5 nitrogen and oxygen atoms in total. The third-order valence-electron chi connectivity index (χ3n) is 4.51. The average Bonchev–Trinajstić information content (AvgIpc) is 2.70. The maximum Gasteiger partial charge on any atom is 0.333 e. The van der Waals surface area contributed by atoms with Gasteiger partial charge in [0.15, 0.2) is 0 Å². The number of carbonyl (C=O) groups excluding carboxylic acids is 2. The Hall–Kier alpha value is -3.65. The van der Waals surface area contributed by atoms with Crippen molar-refractivity contribution in [2.75, 3.05) is 13.2 Å². The molecule has 0 saturated heterocycles. The van der Waals surface area contributed by atoms with Gasteiger partial charge < -0.3 is 10.1 Å². The van der Waals surface area contributed by atoms with E-state index >= 15 is 0 Å². The summed E-state index contributed by atoms with van der Waals surface area (Å²) in [5.74, 6) is -1.00. The van der Waals surface area contributed by atoms with Crippen LogP contribution in [0.25, 0.3) is 5.57 Å². The fourth-order valence-electron chi connectivity index (χ4n) is 3.20. The van der Waals surface area contributed by atoms with Crippen molar-refractivity contribution in [2.45, 2.75) is 13.3 Å². The first-order chi connectivity index (χ1) is 13.5. The lowest BCUT2D eigenvalue weighted by Gasteiger charge is -2.23. The number of benzene rings is 2. The normalized spacial score (nSPS) is 11.5. The molecule has 0 atom stereocenters. The Kier molecular flexibility index (Phi) is 5.71. The van der Waals surface area contributed by atoms with Crippen LogP contribution in [0.5, 0.6) is 0 Å². The monoisotopic (exact) mass is 372 g/mol. The number of fused-ring (bicyclic) bond motifs is 2. The summed E-state index contributed by atoms with van der Waals surface area (Å²) < 4.78 is 4.97. The second kappa shape index (κ2) is 8.36. The smallest absolute Gasteiger partial charge is 0.333 e. The minimum absolute atomic E-state index is 0.0125. The Labute approximate surface area is 163 Å². The molecule has 0 heterocycles. The number of esters is 1. The molecule has 0 unspecified atom stereocenters. The van der Waals surface area contributed by atoms with Gasteiger partial charge >= 0.3 is 5.97 Å². The Bertz CT molecular complexity index is 981. The van der Waals surface area contributed by atoms with E-state index in [9.17, 15) is 14.9 Å². The molecule has 5 heteroatoms. The van der Waals surface area contributed by atoms with Crippen LogP contribution in [-0.4, -0.2) is 25.0 Å². The summed E-state index contributed by atoms with van der Waals surface area (Å²) in [4.78, 5) is 24.1. The van der Waals surface area contributed by atoms with E-state index in [1.54, 1.807) is 6.92 Å². The van der Waals surface area contributed by atoms with E-state index in [-0.39, 0.29) is 18.7 Å². The summed E-state index contributed by atoms with van der Waals surface area (Å²) in [7, 11) is 0. The van der Waals surface area contributed by atoms with E-state index in [4.69, 9.17) is 4.74 Å².